The molecule has 3 rings (SSSR count). The summed E-state index contributed by atoms with van der Waals surface area (Å²) in [7, 11) is 1.38. The van der Waals surface area contributed by atoms with Gasteiger partial charge in [0.2, 0.25) is 12.0 Å². The molecule has 1 aliphatic rings. The Labute approximate surface area is 180 Å². The molecule has 2 aromatic rings. The highest BCUT2D eigenvalue weighted by Crippen LogP contribution is 2.24. The first kappa shape index (κ1) is 22.0. The summed E-state index contributed by atoms with van der Waals surface area (Å²) >= 11 is 0. The van der Waals surface area contributed by atoms with Crippen LogP contribution in [0.4, 0.5) is 4.79 Å². The normalized spacial score (nSPS) is 16.5. The van der Waals surface area contributed by atoms with Crippen molar-refractivity contribution in [2.24, 2.45) is 5.92 Å². The number of nitrogens with one attached hydrogen (secondary N) is 2. The van der Waals surface area contributed by atoms with Crippen LogP contribution in [0.2, 0.25) is 0 Å². The minimum atomic E-state index is -1.29. The zero-order valence-electron chi connectivity index (χ0n) is 17.2. The van der Waals surface area contributed by atoms with Gasteiger partial charge in [-0.05, 0) is 12.0 Å². The van der Waals surface area contributed by atoms with Gasteiger partial charge in [-0.15, -0.1) is 0 Å². The van der Waals surface area contributed by atoms with E-state index in [-0.39, 0.29) is 18.9 Å². The van der Waals surface area contributed by atoms with Gasteiger partial charge in [0, 0.05) is 32.1 Å². The predicted octanol–water partition coefficient (Wildman–Crippen LogP) is 1.82. The Balaban J connectivity index is 1.63. The van der Waals surface area contributed by atoms with E-state index in [2.05, 4.69) is 10.6 Å². The summed E-state index contributed by atoms with van der Waals surface area (Å²) in [6.45, 7) is 0.745. The number of benzene rings is 2. The number of rotatable bonds is 7. The number of ether oxygens (including phenoxy) is 1. The van der Waals surface area contributed by atoms with Gasteiger partial charge < -0.3 is 15.0 Å². The lowest BCUT2D eigenvalue weighted by Gasteiger charge is -2.20. The number of likely N-dealkylation sites (tertiary alicyclic amines) is 1. The lowest BCUT2D eigenvalue weighted by atomic mass is 10.1. The second kappa shape index (κ2) is 10.4. The molecule has 162 valence electrons. The number of urea groups is 1. The first-order valence-corrected chi connectivity index (χ1v) is 10.1. The van der Waals surface area contributed by atoms with Gasteiger partial charge in [-0.1, -0.05) is 60.7 Å². The molecule has 31 heavy (non-hydrogen) atoms. The van der Waals surface area contributed by atoms with E-state index in [0.717, 1.165) is 5.56 Å². The molecule has 0 saturated carbocycles. The van der Waals surface area contributed by atoms with E-state index in [9.17, 15) is 19.2 Å². The van der Waals surface area contributed by atoms with Crippen molar-refractivity contribution in [1.82, 2.24) is 15.5 Å². The minimum absolute atomic E-state index is 0.0339. The Morgan fingerprint density at radius 3 is 2.35 bits per heavy atom. The highest BCUT2D eigenvalue weighted by Gasteiger charge is 2.37. The molecule has 2 atom stereocenters. The lowest BCUT2D eigenvalue weighted by Crippen LogP contribution is -2.41. The Bertz CT molecular complexity index is 933. The Morgan fingerprint density at radius 2 is 1.71 bits per heavy atom. The molecule has 0 spiro atoms. The standard InChI is InChI=1S/C23H25N3O5/c1-24-23(30)25-21(28)20(17-10-6-3-7-11-17)31-22(29)18-14-19(27)26(15-18)13-12-16-8-4-2-5-9-16/h2-11,18,20H,12-15H2,1H3,(H2,24,25,28,30)/t18-,20+/m1/s1. The summed E-state index contributed by atoms with van der Waals surface area (Å²) < 4.78 is 5.48. The molecule has 1 fully saturated rings. The minimum Gasteiger partial charge on any atom is -0.447 e. The fourth-order valence-electron chi connectivity index (χ4n) is 3.41. The second-order valence-corrected chi connectivity index (χ2v) is 7.27. The summed E-state index contributed by atoms with van der Waals surface area (Å²) in [6, 6.07) is 17.5. The Kier molecular flexibility index (Phi) is 7.37. The molecule has 0 aliphatic carbocycles. The van der Waals surface area contributed by atoms with Gasteiger partial charge >= 0.3 is 12.0 Å². The van der Waals surface area contributed by atoms with E-state index in [0.29, 0.717) is 18.5 Å². The summed E-state index contributed by atoms with van der Waals surface area (Å²) in [4.78, 5) is 50.8. The number of hydrogen-bond acceptors (Lipinski definition) is 5. The molecule has 0 radical (unpaired) electrons. The van der Waals surface area contributed by atoms with Gasteiger partial charge in [-0.25, -0.2) is 4.79 Å². The van der Waals surface area contributed by atoms with Crippen molar-refractivity contribution in [3.63, 3.8) is 0 Å². The highest BCUT2D eigenvalue weighted by atomic mass is 16.5. The summed E-state index contributed by atoms with van der Waals surface area (Å²) in [6.07, 6.45) is -0.568. The number of amides is 4. The van der Waals surface area contributed by atoms with Crippen molar-refractivity contribution in [2.75, 3.05) is 20.1 Å². The van der Waals surface area contributed by atoms with Crippen LogP contribution in [0.5, 0.6) is 0 Å². The molecule has 0 bridgehead atoms. The lowest BCUT2D eigenvalue weighted by molar-refractivity contribution is -0.159. The fourth-order valence-corrected chi connectivity index (χ4v) is 3.41. The first-order valence-electron chi connectivity index (χ1n) is 10.1. The first-order chi connectivity index (χ1) is 15.0. The second-order valence-electron chi connectivity index (χ2n) is 7.27. The molecule has 0 aromatic heterocycles. The zero-order chi connectivity index (χ0) is 22.2. The third-order valence-electron chi connectivity index (χ3n) is 5.10. The quantitative estimate of drug-likeness (QED) is 0.661. The van der Waals surface area contributed by atoms with Crippen LogP contribution in [0.1, 0.15) is 23.7 Å². The maximum Gasteiger partial charge on any atom is 0.321 e. The van der Waals surface area contributed by atoms with E-state index < -0.39 is 29.9 Å². The van der Waals surface area contributed by atoms with Crippen LogP contribution in [0.25, 0.3) is 0 Å². The Hall–Kier alpha value is -3.68. The number of carbonyl (C=O) groups is 4. The number of esters is 1. The number of carbonyl (C=O) groups excluding carboxylic acids is 4. The largest absolute Gasteiger partial charge is 0.447 e. The van der Waals surface area contributed by atoms with Crippen molar-refractivity contribution in [1.29, 1.82) is 0 Å². The van der Waals surface area contributed by atoms with Crippen molar-refractivity contribution < 1.29 is 23.9 Å². The molecular formula is C23H25N3O5. The topological polar surface area (TPSA) is 105 Å². The van der Waals surface area contributed by atoms with E-state index in [1.807, 2.05) is 30.3 Å². The van der Waals surface area contributed by atoms with Crippen LogP contribution in [0.3, 0.4) is 0 Å². The average molecular weight is 423 g/mol. The predicted molar refractivity (Wildman–Crippen MR) is 113 cm³/mol. The van der Waals surface area contributed by atoms with Gasteiger partial charge in [0.05, 0.1) is 5.92 Å². The maximum atomic E-state index is 12.8. The molecule has 1 aliphatic heterocycles. The van der Waals surface area contributed by atoms with E-state index in [1.54, 1.807) is 35.2 Å². The van der Waals surface area contributed by atoms with E-state index in [4.69, 9.17) is 4.74 Å². The molecule has 4 amide bonds. The molecule has 1 saturated heterocycles. The Morgan fingerprint density at radius 1 is 1.06 bits per heavy atom. The van der Waals surface area contributed by atoms with Gasteiger partial charge in [0.25, 0.3) is 5.91 Å². The number of hydrogen-bond donors (Lipinski definition) is 2. The van der Waals surface area contributed by atoms with Gasteiger partial charge in [-0.3, -0.25) is 19.7 Å². The third-order valence-corrected chi connectivity index (χ3v) is 5.10. The van der Waals surface area contributed by atoms with Crippen LogP contribution in [0.15, 0.2) is 60.7 Å². The van der Waals surface area contributed by atoms with Crippen molar-refractivity contribution >= 4 is 23.8 Å². The van der Waals surface area contributed by atoms with Crippen LogP contribution >= 0.6 is 0 Å². The van der Waals surface area contributed by atoms with Gasteiger partial charge in [-0.2, -0.15) is 0 Å². The van der Waals surface area contributed by atoms with Gasteiger partial charge in [0.1, 0.15) is 0 Å². The molecule has 2 aromatic carbocycles. The molecule has 2 N–H and O–H groups in total. The smallest absolute Gasteiger partial charge is 0.321 e. The number of imide groups is 1. The van der Waals surface area contributed by atoms with Crippen LogP contribution < -0.4 is 10.6 Å². The molecule has 0 unspecified atom stereocenters. The van der Waals surface area contributed by atoms with Crippen LogP contribution in [0, 0.1) is 5.92 Å². The monoisotopic (exact) mass is 423 g/mol. The average Bonchev–Trinajstić information content (AvgIpc) is 3.17. The van der Waals surface area contributed by atoms with Crippen LogP contribution in [-0.2, 0) is 25.5 Å². The zero-order valence-corrected chi connectivity index (χ0v) is 17.2. The molecular weight excluding hydrogens is 398 g/mol. The molecule has 8 nitrogen and oxygen atoms in total. The fraction of sp³-hybridized carbons (Fsp3) is 0.304. The van der Waals surface area contributed by atoms with E-state index >= 15 is 0 Å². The summed E-state index contributed by atoms with van der Waals surface area (Å²) in [5.41, 5.74) is 1.54. The molecule has 8 heteroatoms. The summed E-state index contributed by atoms with van der Waals surface area (Å²) in [5, 5.41) is 4.42. The third kappa shape index (κ3) is 5.91. The van der Waals surface area contributed by atoms with Gasteiger partial charge in [0.15, 0.2) is 0 Å². The maximum absolute atomic E-state index is 12.8. The van der Waals surface area contributed by atoms with Crippen molar-refractivity contribution in [3.05, 3.63) is 71.8 Å². The van der Waals surface area contributed by atoms with Crippen molar-refractivity contribution in [3.8, 4) is 0 Å². The summed E-state index contributed by atoms with van der Waals surface area (Å²) in [5.74, 6) is -2.19. The van der Waals surface area contributed by atoms with Crippen LogP contribution in [-0.4, -0.2) is 48.9 Å². The highest BCUT2D eigenvalue weighted by molar-refractivity contribution is 5.98. The molecule has 1 heterocycles. The van der Waals surface area contributed by atoms with E-state index in [1.165, 1.54) is 7.05 Å². The SMILES string of the molecule is CNC(=O)NC(=O)[C@@H](OC(=O)[C@@H]1CC(=O)N(CCc2ccccc2)C1)c1ccccc1. The number of nitrogens with zero attached hydrogens (tertiary/aromatic N) is 1. The van der Waals surface area contributed by atoms with Crippen molar-refractivity contribution in [2.45, 2.75) is 18.9 Å².